The first-order valence-corrected chi connectivity index (χ1v) is 8.07. The van der Waals surface area contributed by atoms with Crippen molar-refractivity contribution in [1.29, 1.82) is 0 Å². The van der Waals surface area contributed by atoms with E-state index in [2.05, 4.69) is 10.6 Å². The summed E-state index contributed by atoms with van der Waals surface area (Å²) in [6.45, 7) is 4.31. The number of esters is 1. The van der Waals surface area contributed by atoms with Crippen molar-refractivity contribution in [2.45, 2.75) is 33.1 Å². The van der Waals surface area contributed by atoms with Crippen LogP contribution in [0.1, 0.15) is 41.1 Å². The van der Waals surface area contributed by atoms with Crippen LogP contribution in [0.2, 0.25) is 0 Å². The lowest BCUT2D eigenvalue weighted by molar-refractivity contribution is -0.136. The zero-order valence-corrected chi connectivity index (χ0v) is 13.8. The van der Waals surface area contributed by atoms with Crippen molar-refractivity contribution >= 4 is 34.1 Å². The first-order valence-electron chi connectivity index (χ1n) is 7.26. The van der Waals surface area contributed by atoms with Crippen LogP contribution in [-0.4, -0.2) is 31.4 Å². The lowest BCUT2D eigenvalue weighted by Gasteiger charge is -2.09. The second kappa shape index (κ2) is 6.91. The monoisotopic (exact) mass is 324 g/mol. The van der Waals surface area contributed by atoms with Crippen LogP contribution in [0.3, 0.4) is 0 Å². The number of methoxy groups -OCH3 is 1. The molecule has 0 bridgehead atoms. The van der Waals surface area contributed by atoms with E-state index >= 15 is 0 Å². The first kappa shape index (κ1) is 16.5. The number of rotatable bonds is 4. The van der Waals surface area contributed by atoms with E-state index in [-0.39, 0.29) is 5.92 Å². The molecule has 7 heteroatoms. The smallest absolute Gasteiger partial charge is 0.341 e. The van der Waals surface area contributed by atoms with Crippen LogP contribution in [-0.2, 0) is 27.2 Å². The largest absolute Gasteiger partial charge is 0.465 e. The molecule has 0 saturated carbocycles. The quantitative estimate of drug-likeness (QED) is 0.652. The highest BCUT2D eigenvalue weighted by molar-refractivity contribution is 7.17. The molecule has 0 fully saturated rings. The number of thiophene rings is 1. The molecule has 2 N–H and O–H groups in total. The van der Waals surface area contributed by atoms with E-state index < -0.39 is 17.8 Å². The first-order chi connectivity index (χ1) is 10.4. The fourth-order valence-electron chi connectivity index (χ4n) is 2.35. The van der Waals surface area contributed by atoms with E-state index in [0.29, 0.717) is 17.1 Å². The minimum Gasteiger partial charge on any atom is -0.465 e. The number of anilines is 1. The summed E-state index contributed by atoms with van der Waals surface area (Å²) in [7, 11) is 1.31. The van der Waals surface area contributed by atoms with Crippen LogP contribution in [0, 0.1) is 5.92 Å². The van der Waals surface area contributed by atoms with Crippen molar-refractivity contribution < 1.29 is 19.1 Å². The number of amides is 2. The van der Waals surface area contributed by atoms with Crippen molar-refractivity contribution in [3.8, 4) is 0 Å². The number of fused-ring (bicyclic) bond motifs is 1. The maximum Gasteiger partial charge on any atom is 0.341 e. The molecule has 1 aliphatic carbocycles. The van der Waals surface area contributed by atoms with Gasteiger partial charge < -0.3 is 15.4 Å². The van der Waals surface area contributed by atoms with Gasteiger partial charge in [0.2, 0.25) is 0 Å². The van der Waals surface area contributed by atoms with E-state index in [1.165, 1.54) is 18.4 Å². The highest BCUT2D eigenvalue weighted by Gasteiger charge is 2.29. The van der Waals surface area contributed by atoms with Crippen molar-refractivity contribution in [3.63, 3.8) is 0 Å². The summed E-state index contributed by atoms with van der Waals surface area (Å²) in [5, 5.41) is 5.50. The number of carbonyl (C=O) groups is 3. The molecule has 1 heterocycles. The van der Waals surface area contributed by atoms with Crippen LogP contribution in [0.5, 0.6) is 0 Å². The second-order valence-corrected chi connectivity index (χ2v) is 6.72. The molecule has 120 valence electrons. The van der Waals surface area contributed by atoms with Gasteiger partial charge >= 0.3 is 17.8 Å². The topological polar surface area (TPSA) is 84.5 Å². The van der Waals surface area contributed by atoms with Crippen LogP contribution in [0.25, 0.3) is 0 Å². The summed E-state index contributed by atoms with van der Waals surface area (Å²) in [5.41, 5.74) is 1.33. The number of ether oxygens (including phenoxy) is 1. The van der Waals surface area contributed by atoms with Crippen LogP contribution in [0.4, 0.5) is 5.00 Å². The van der Waals surface area contributed by atoms with Crippen molar-refractivity contribution in [1.82, 2.24) is 5.32 Å². The Morgan fingerprint density at radius 1 is 1.23 bits per heavy atom. The molecule has 0 aliphatic heterocycles. The predicted octanol–water partition coefficient (Wildman–Crippen LogP) is 1.73. The van der Waals surface area contributed by atoms with Gasteiger partial charge in [0.1, 0.15) is 5.00 Å². The molecule has 2 rings (SSSR count). The Kier molecular flexibility index (Phi) is 5.18. The third-order valence-electron chi connectivity index (χ3n) is 3.41. The van der Waals surface area contributed by atoms with Gasteiger partial charge in [0.25, 0.3) is 0 Å². The molecule has 22 heavy (non-hydrogen) atoms. The summed E-state index contributed by atoms with van der Waals surface area (Å²) in [6, 6.07) is 0. The lowest BCUT2D eigenvalue weighted by Crippen LogP contribution is -2.37. The highest BCUT2D eigenvalue weighted by Crippen LogP contribution is 2.39. The van der Waals surface area contributed by atoms with Gasteiger partial charge in [-0.05, 0) is 30.7 Å². The molecule has 0 atom stereocenters. The van der Waals surface area contributed by atoms with Gasteiger partial charge in [0, 0.05) is 11.4 Å². The third kappa shape index (κ3) is 3.47. The average Bonchev–Trinajstić information content (AvgIpc) is 3.04. The molecule has 0 unspecified atom stereocenters. The SMILES string of the molecule is COC(=O)c1c(NC(=O)C(=O)NCC(C)C)sc2c1CCC2. The summed E-state index contributed by atoms with van der Waals surface area (Å²) < 4.78 is 4.80. The van der Waals surface area contributed by atoms with Gasteiger partial charge in [-0.15, -0.1) is 11.3 Å². The predicted molar refractivity (Wildman–Crippen MR) is 84.2 cm³/mol. The summed E-state index contributed by atoms with van der Waals surface area (Å²) in [4.78, 5) is 36.7. The van der Waals surface area contributed by atoms with Gasteiger partial charge in [0.15, 0.2) is 0 Å². The van der Waals surface area contributed by atoms with Crippen molar-refractivity contribution in [2.24, 2.45) is 5.92 Å². The van der Waals surface area contributed by atoms with Gasteiger partial charge in [-0.2, -0.15) is 0 Å². The van der Waals surface area contributed by atoms with Crippen molar-refractivity contribution in [2.75, 3.05) is 19.0 Å². The Hall–Kier alpha value is -1.89. The zero-order valence-electron chi connectivity index (χ0n) is 12.9. The van der Waals surface area contributed by atoms with E-state index in [4.69, 9.17) is 4.74 Å². The molecule has 0 saturated heterocycles. The number of nitrogens with one attached hydrogen (secondary N) is 2. The Labute approximate surface area is 133 Å². The van der Waals surface area contributed by atoms with E-state index in [9.17, 15) is 14.4 Å². The number of hydrogen-bond acceptors (Lipinski definition) is 5. The maximum atomic E-state index is 12.0. The second-order valence-electron chi connectivity index (χ2n) is 5.61. The molecule has 1 aromatic rings. The van der Waals surface area contributed by atoms with E-state index in [0.717, 1.165) is 29.7 Å². The Morgan fingerprint density at radius 3 is 2.59 bits per heavy atom. The number of carbonyl (C=O) groups excluding carboxylic acids is 3. The van der Waals surface area contributed by atoms with Gasteiger partial charge in [-0.1, -0.05) is 13.8 Å². The normalized spacial score (nSPS) is 12.9. The Balaban J connectivity index is 2.14. The minimum absolute atomic E-state index is 0.257. The molecule has 0 aromatic carbocycles. The average molecular weight is 324 g/mol. The molecular formula is C15H20N2O4S. The summed E-state index contributed by atoms with van der Waals surface area (Å²) in [6.07, 6.45) is 2.68. The molecule has 1 aromatic heterocycles. The fraction of sp³-hybridized carbons (Fsp3) is 0.533. The Morgan fingerprint density at radius 2 is 1.95 bits per heavy atom. The number of aryl methyl sites for hydroxylation is 1. The zero-order chi connectivity index (χ0) is 16.3. The van der Waals surface area contributed by atoms with E-state index in [1.54, 1.807) is 0 Å². The molecule has 1 aliphatic rings. The van der Waals surface area contributed by atoms with Crippen LogP contribution < -0.4 is 10.6 Å². The third-order valence-corrected chi connectivity index (χ3v) is 4.62. The summed E-state index contributed by atoms with van der Waals surface area (Å²) in [5.74, 6) is -1.67. The minimum atomic E-state index is -0.759. The molecule has 2 amide bonds. The molecule has 0 radical (unpaired) electrons. The van der Waals surface area contributed by atoms with E-state index in [1.807, 2.05) is 13.8 Å². The Bertz CT molecular complexity index is 607. The van der Waals surface area contributed by atoms with Crippen molar-refractivity contribution in [3.05, 3.63) is 16.0 Å². The standard InChI is InChI=1S/C15H20N2O4S/c1-8(2)7-16-12(18)13(19)17-14-11(15(20)21-3)9-5-4-6-10(9)22-14/h8H,4-7H2,1-3H3,(H,16,18)(H,17,19). The number of hydrogen-bond donors (Lipinski definition) is 2. The highest BCUT2D eigenvalue weighted by atomic mass is 32.1. The molecular weight excluding hydrogens is 304 g/mol. The molecule has 0 spiro atoms. The van der Waals surface area contributed by atoms with Gasteiger partial charge in [-0.25, -0.2) is 4.79 Å². The molecule has 6 nitrogen and oxygen atoms in total. The maximum absolute atomic E-state index is 12.0. The van der Waals surface area contributed by atoms with Gasteiger partial charge in [0.05, 0.1) is 12.7 Å². The lowest BCUT2D eigenvalue weighted by atomic mass is 10.1. The van der Waals surface area contributed by atoms with Crippen LogP contribution in [0.15, 0.2) is 0 Å². The van der Waals surface area contributed by atoms with Crippen LogP contribution >= 0.6 is 11.3 Å². The summed E-state index contributed by atoms with van der Waals surface area (Å²) >= 11 is 1.35. The fourth-order valence-corrected chi connectivity index (χ4v) is 3.62. The van der Waals surface area contributed by atoms with Gasteiger partial charge in [-0.3, -0.25) is 9.59 Å².